The molecule has 0 aliphatic rings. The monoisotopic (exact) mass is 273 g/mol. The van der Waals surface area contributed by atoms with Crippen LogP contribution in [0, 0.1) is 0 Å². The van der Waals surface area contributed by atoms with Gasteiger partial charge in [-0.15, -0.1) is 0 Å². The molecule has 3 N–H and O–H groups in total. The quantitative estimate of drug-likeness (QED) is 0.876. The molecule has 5 nitrogen and oxygen atoms in total. The van der Waals surface area contributed by atoms with Gasteiger partial charge in [-0.25, -0.2) is 4.98 Å². The molecule has 0 amide bonds. The van der Waals surface area contributed by atoms with Gasteiger partial charge in [0.1, 0.15) is 5.82 Å². The molecule has 0 fully saturated rings. The van der Waals surface area contributed by atoms with Gasteiger partial charge < -0.3 is 20.5 Å². The Morgan fingerprint density at radius 3 is 2.50 bits per heavy atom. The third-order valence-electron chi connectivity index (χ3n) is 3.07. The van der Waals surface area contributed by atoms with Gasteiger partial charge in [-0.05, 0) is 30.7 Å². The summed E-state index contributed by atoms with van der Waals surface area (Å²) in [5, 5.41) is 3.37. The lowest BCUT2D eigenvalue weighted by atomic mass is 10.1. The number of benzene rings is 1. The first kappa shape index (κ1) is 14.0. The fourth-order valence-corrected chi connectivity index (χ4v) is 1.99. The molecule has 0 aliphatic heterocycles. The second kappa shape index (κ2) is 6.14. The lowest BCUT2D eigenvalue weighted by Crippen LogP contribution is -2.07. The molecule has 1 aromatic carbocycles. The van der Waals surface area contributed by atoms with Crippen LogP contribution in [0.1, 0.15) is 18.5 Å². The average Bonchev–Trinajstić information content (AvgIpc) is 2.46. The topological polar surface area (TPSA) is 69.4 Å². The maximum atomic E-state index is 5.67. The SMILES string of the molecule is COc1ccc(C(C)Nc2ccnc(N)c2)cc1OC. The van der Waals surface area contributed by atoms with Gasteiger partial charge in [0, 0.05) is 24.0 Å². The largest absolute Gasteiger partial charge is 0.493 e. The van der Waals surface area contributed by atoms with E-state index in [0.717, 1.165) is 17.0 Å². The van der Waals surface area contributed by atoms with E-state index in [-0.39, 0.29) is 6.04 Å². The molecule has 0 spiro atoms. The highest BCUT2D eigenvalue weighted by Gasteiger charge is 2.10. The highest BCUT2D eigenvalue weighted by atomic mass is 16.5. The fourth-order valence-electron chi connectivity index (χ4n) is 1.99. The van der Waals surface area contributed by atoms with Gasteiger partial charge in [-0.1, -0.05) is 6.07 Å². The van der Waals surface area contributed by atoms with E-state index in [1.54, 1.807) is 26.5 Å². The predicted octanol–water partition coefficient (Wildman–Crippen LogP) is 2.85. The summed E-state index contributed by atoms with van der Waals surface area (Å²) in [4.78, 5) is 3.97. The van der Waals surface area contributed by atoms with Crippen LogP contribution in [-0.2, 0) is 0 Å². The van der Waals surface area contributed by atoms with Crippen LogP contribution in [0.4, 0.5) is 11.5 Å². The molecule has 1 aromatic heterocycles. The Kier molecular flexibility index (Phi) is 4.30. The number of aromatic nitrogens is 1. The molecule has 1 atom stereocenters. The van der Waals surface area contributed by atoms with Crippen LogP contribution in [0.25, 0.3) is 0 Å². The smallest absolute Gasteiger partial charge is 0.161 e. The van der Waals surface area contributed by atoms with Crippen molar-refractivity contribution in [2.45, 2.75) is 13.0 Å². The van der Waals surface area contributed by atoms with Crippen molar-refractivity contribution >= 4 is 11.5 Å². The molecule has 20 heavy (non-hydrogen) atoms. The standard InChI is InChI=1S/C15H19N3O2/c1-10(18-12-6-7-17-15(16)9-12)11-4-5-13(19-2)14(8-11)20-3/h4-10H,1-3H3,(H3,16,17,18). The van der Waals surface area contributed by atoms with E-state index in [2.05, 4.69) is 17.2 Å². The lowest BCUT2D eigenvalue weighted by molar-refractivity contribution is 0.354. The third-order valence-corrected chi connectivity index (χ3v) is 3.07. The molecule has 0 bridgehead atoms. The Morgan fingerprint density at radius 1 is 1.10 bits per heavy atom. The van der Waals surface area contributed by atoms with Crippen molar-refractivity contribution in [3.63, 3.8) is 0 Å². The summed E-state index contributed by atoms with van der Waals surface area (Å²) < 4.78 is 10.5. The van der Waals surface area contributed by atoms with E-state index >= 15 is 0 Å². The molecular weight excluding hydrogens is 254 g/mol. The normalized spacial score (nSPS) is 11.8. The van der Waals surface area contributed by atoms with Crippen molar-refractivity contribution in [2.75, 3.05) is 25.3 Å². The van der Waals surface area contributed by atoms with Crippen molar-refractivity contribution in [3.05, 3.63) is 42.1 Å². The Morgan fingerprint density at radius 2 is 1.85 bits per heavy atom. The van der Waals surface area contributed by atoms with E-state index < -0.39 is 0 Å². The van der Waals surface area contributed by atoms with E-state index in [1.807, 2.05) is 24.3 Å². The van der Waals surface area contributed by atoms with Crippen molar-refractivity contribution in [1.29, 1.82) is 0 Å². The van der Waals surface area contributed by atoms with Crippen molar-refractivity contribution in [1.82, 2.24) is 4.98 Å². The van der Waals surface area contributed by atoms with Crippen LogP contribution >= 0.6 is 0 Å². The van der Waals surface area contributed by atoms with E-state index in [0.29, 0.717) is 11.6 Å². The van der Waals surface area contributed by atoms with E-state index in [4.69, 9.17) is 15.2 Å². The first-order valence-electron chi connectivity index (χ1n) is 6.34. The van der Waals surface area contributed by atoms with Gasteiger partial charge in [0.05, 0.1) is 14.2 Å². The molecule has 0 saturated heterocycles. The maximum Gasteiger partial charge on any atom is 0.161 e. The summed E-state index contributed by atoms with van der Waals surface area (Å²) in [6.07, 6.45) is 1.68. The molecule has 5 heteroatoms. The number of rotatable bonds is 5. The van der Waals surface area contributed by atoms with Gasteiger partial charge in [0.15, 0.2) is 11.5 Å². The average molecular weight is 273 g/mol. The summed E-state index contributed by atoms with van der Waals surface area (Å²) in [7, 11) is 3.25. The molecule has 2 aromatic rings. The number of nitrogens with two attached hydrogens (primary N) is 1. The number of anilines is 2. The molecule has 1 unspecified atom stereocenters. The number of methoxy groups -OCH3 is 2. The van der Waals surface area contributed by atoms with E-state index in [9.17, 15) is 0 Å². The minimum absolute atomic E-state index is 0.108. The summed E-state index contributed by atoms with van der Waals surface area (Å²) >= 11 is 0. The maximum absolute atomic E-state index is 5.67. The number of ether oxygens (including phenoxy) is 2. The van der Waals surface area contributed by atoms with Crippen LogP contribution in [0.5, 0.6) is 11.5 Å². The number of nitrogens with one attached hydrogen (secondary N) is 1. The Bertz CT molecular complexity index is 587. The molecular formula is C15H19N3O2. The first-order chi connectivity index (χ1) is 9.63. The third kappa shape index (κ3) is 3.12. The van der Waals surface area contributed by atoms with E-state index in [1.165, 1.54) is 0 Å². The predicted molar refractivity (Wildman–Crippen MR) is 80.2 cm³/mol. The number of hydrogen-bond donors (Lipinski definition) is 2. The number of pyridine rings is 1. The zero-order valence-corrected chi connectivity index (χ0v) is 11.9. The first-order valence-corrected chi connectivity index (χ1v) is 6.34. The molecule has 1 heterocycles. The zero-order chi connectivity index (χ0) is 14.5. The van der Waals surface area contributed by atoms with Crippen LogP contribution in [-0.4, -0.2) is 19.2 Å². The Labute approximate surface area is 118 Å². The summed E-state index contributed by atoms with van der Waals surface area (Å²) in [6.45, 7) is 2.07. The van der Waals surface area contributed by atoms with Crippen LogP contribution in [0.15, 0.2) is 36.5 Å². The second-order valence-electron chi connectivity index (χ2n) is 4.45. The summed E-state index contributed by atoms with van der Waals surface area (Å²) in [6, 6.07) is 9.65. The van der Waals surface area contributed by atoms with Gasteiger partial charge in [0.2, 0.25) is 0 Å². The Balaban J connectivity index is 2.18. The van der Waals surface area contributed by atoms with Gasteiger partial charge in [-0.2, -0.15) is 0 Å². The fraction of sp³-hybridized carbons (Fsp3) is 0.267. The highest BCUT2D eigenvalue weighted by Crippen LogP contribution is 2.31. The molecule has 0 radical (unpaired) electrons. The number of hydrogen-bond acceptors (Lipinski definition) is 5. The lowest BCUT2D eigenvalue weighted by Gasteiger charge is -2.17. The van der Waals surface area contributed by atoms with Crippen LogP contribution in [0.2, 0.25) is 0 Å². The van der Waals surface area contributed by atoms with Crippen molar-refractivity contribution in [2.24, 2.45) is 0 Å². The molecule has 106 valence electrons. The van der Waals surface area contributed by atoms with Gasteiger partial charge in [0.25, 0.3) is 0 Å². The zero-order valence-electron chi connectivity index (χ0n) is 11.9. The summed E-state index contributed by atoms with van der Waals surface area (Å²) in [5.41, 5.74) is 7.69. The minimum atomic E-state index is 0.108. The Hall–Kier alpha value is -2.43. The molecule has 0 saturated carbocycles. The van der Waals surface area contributed by atoms with Gasteiger partial charge >= 0.3 is 0 Å². The second-order valence-corrected chi connectivity index (χ2v) is 4.45. The number of nitrogens with zero attached hydrogens (tertiary/aromatic N) is 1. The highest BCUT2D eigenvalue weighted by molar-refractivity contribution is 5.52. The molecule has 0 aliphatic carbocycles. The number of nitrogen functional groups attached to an aromatic ring is 1. The van der Waals surface area contributed by atoms with Crippen LogP contribution in [0.3, 0.4) is 0 Å². The summed E-state index contributed by atoms with van der Waals surface area (Å²) in [5.74, 6) is 1.93. The van der Waals surface area contributed by atoms with Gasteiger partial charge in [-0.3, -0.25) is 0 Å². The van der Waals surface area contributed by atoms with Crippen LogP contribution < -0.4 is 20.5 Å². The minimum Gasteiger partial charge on any atom is -0.493 e. The van der Waals surface area contributed by atoms with Crippen molar-refractivity contribution < 1.29 is 9.47 Å². The van der Waals surface area contributed by atoms with Crippen molar-refractivity contribution in [3.8, 4) is 11.5 Å². The molecule has 2 rings (SSSR count).